The van der Waals surface area contributed by atoms with Crippen LogP contribution in [0.25, 0.3) is 0 Å². The maximum atomic E-state index is 13.1. The fourth-order valence-electron chi connectivity index (χ4n) is 4.86. The van der Waals surface area contributed by atoms with E-state index in [-0.39, 0.29) is 36.0 Å². The summed E-state index contributed by atoms with van der Waals surface area (Å²) >= 11 is 0. The molecule has 2 aromatic rings. The summed E-state index contributed by atoms with van der Waals surface area (Å²) in [5, 5.41) is 0. The standard InChI is InChI=1S/C27H33N3O3/c1-3-28(18-21-7-5-4-6-8-21)26(32)22-13-15-29(16-14-22)27(33)23-17-25(31)30(19-23)24-11-9-20(2)10-12-24/h4-12,22-23H,3,13-19H2,1-2H3. The van der Waals surface area contributed by atoms with Crippen molar-refractivity contribution in [1.29, 1.82) is 0 Å². The topological polar surface area (TPSA) is 60.9 Å². The summed E-state index contributed by atoms with van der Waals surface area (Å²) in [6.45, 7) is 6.90. The fraction of sp³-hybridized carbons (Fsp3) is 0.444. The van der Waals surface area contributed by atoms with Gasteiger partial charge in [0.15, 0.2) is 0 Å². The van der Waals surface area contributed by atoms with Crippen molar-refractivity contribution in [2.24, 2.45) is 11.8 Å². The Morgan fingerprint density at radius 1 is 0.970 bits per heavy atom. The Labute approximate surface area is 196 Å². The van der Waals surface area contributed by atoms with Crippen LogP contribution in [0.15, 0.2) is 54.6 Å². The van der Waals surface area contributed by atoms with E-state index in [9.17, 15) is 14.4 Å². The molecule has 2 fully saturated rings. The normalized spacial score (nSPS) is 19.1. The van der Waals surface area contributed by atoms with Crippen LogP contribution in [-0.4, -0.2) is 53.7 Å². The number of aryl methyl sites for hydroxylation is 1. The van der Waals surface area contributed by atoms with Crippen LogP contribution in [0.4, 0.5) is 5.69 Å². The maximum absolute atomic E-state index is 13.1. The van der Waals surface area contributed by atoms with Crippen LogP contribution in [0.2, 0.25) is 0 Å². The lowest BCUT2D eigenvalue weighted by molar-refractivity contribution is -0.142. The lowest BCUT2D eigenvalue weighted by atomic mass is 9.93. The molecule has 0 radical (unpaired) electrons. The molecule has 0 bridgehead atoms. The molecule has 0 N–H and O–H groups in total. The molecular formula is C27H33N3O3. The van der Waals surface area contributed by atoms with Crippen molar-refractivity contribution in [3.8, 4) is 0 Å². The van der Waals surface area contributed by atoms with Crippen molar-refractivity contribution in [2.45, 2.75) is 39.7 Å². The van der Waals surface area contributed by atoms with E-state index in [0.717, 1.165) is 16.8 Å². The van der Waals surface area contributed by atoms with Crippen molar-refractivity contribution in [3.63, 3.8) is 0 Å². The van der Waals surface area contributed by atoms with E-state index < -0.39 is 0 Å². The number of anilines is 1. The molecule has 174 valence electrons. The van der Waals surface area contributed by atoms with Gasteiger partial charge in [-0.05, 0) is 44.4 Å². The minimum absolute atomic E-state index is 0.00164. The number of likely N-dealkylation sites (tertiary alicyclic amines) is 1. The second-order valence-electron chi connectivity index (χ2n) is 9.18. The average Bonchev–Trinajstić information content (AvgIpc) is 3.24. The van der Waals surface area contributed by atoms with Crippen LogP contribution in [0.3, 0.4) is 0 Å². The Hall–Kier alpha value is -3.15. The van der Waals surface area contributed by atoms with Gasteiger partial charge in [-0.1, -0.05) is 48.0 Å². The molecule has 1 unspecified atom stereocenters. The van der Waals surface area contributed by atoms with Gasteiger partial charge in [0.2, 0.25) is 17.7 Å². The molecule has 3 amide bonds. The van der Waals surface area contributed by atoms with Crippen LogP contribution in [-0.2, 0) is 20.9 Å². The molecule has 1 atom stereocenters. The first-order valence-corrected chi connectivity index (χ1v) is 11.9. The third-order valence-corrected chi connectivity index (χ3v) is 6.89. The van der Waals surface area contributed by atoms with Crippen molar-refractivity contribution < 1.29 is 14.4 Å². The van der Waals surface area contributed by atoms with Gasteiger partial charge in [-0.25, -0.2) is 0 Å². The average molecular weight is 448 g/mol. The summed E-state index contributed by atoms with van der Waals surface area (Å²) < 4.78 is 0. The molecule has 6 heteroatoms. The van der Waals surface area contributed by atoms with Gasteiger partial charge in [-0.2, -0.15) is 0 Å². The number of rotatable bonds is 6. The zero-order valence-corrected chi connectivity index (χ0v) is 19.6. The first kappa shape index (κ1) is 23.0. The second-order valence-corrected chi connectivity index (χ2v) is 9.18. The summed E-state index contributed by atoms with van der Waals surface area (Å²) in [6.07, 6.45) is 1.61. The summed E-state index contributed by atoms with van der Waals surface area (Å²) in [5.41, 5.74) is 3.12. The minimum atomic E-state index is -0.309. The highest BCUT2D eigenvalue weighted by atomic mass is 16.2. The van der Waals surface area contributed by atoms with E-state index in [0.29, 0.717) is 45.6 Å². The van der Waals surface area contributed by atoms with Crippen LogP contribution in [0.1, 0.15) is 37.3 Å². The molecular weight excluding hydrogens is 414 g/mol. The number of piperidine rings is 1. The van der Waals surface area contributed by atoms with Gasteiger partial charge in [0.25, 0.3) is 0 Å². The highest BCUT2D eigenvalue weighted by Gasteiger charge is 2.39. The van der Waals surface area contributed by atoms with Crippen LogP contribution in [0.5, 0.6) is 0 Å². The predicted octanol–water partition coefficient (Wildman–Crippen LogP) is 3.64. The smallest absolute Gasteiger partial charge is 0.228 e. The molecule has 0 saturated carbocycles. The van der Waals surface area contributed by atoms with Crippen LogP contribution < -0.4 is 4.90 Å². The molecule has 0 spiro atoms. The number of nitrogens with zero attached hydrogens (tertiary/aromatic N) is 3. The Morgan fingerprint density at radius 2 is 1.64 bits per heavy atom. The Bertz CT molecular complexity index is 981. The van der Waals surface area contributed by atoms with Gasteiger partial charge >= 0.3 is 0 Å². The zero-order valence-electron chi connectivity index (χ0n) is 19.6. The van der Waals surface area contributed by atoms with Gasteiger partial charge < -0.3 is 14.7 Å². The fourth-order valence-corrected chi connectivity index (χ4v) is 4.86. The van der Waals surface area contributed by atoms with Crippen LogP contribution >= 0.6 is 0 Å². The molecule has 6 nitrogen and oxygen atoms in total. The molecule has 2 aromatic carbocycles. The number of benzene rings is 2. The minimum Gasteiger partial charge on any atom is -0.342 e. The molecule has 33 heavy (non-hydrogen) atoms. The quantitative estimate of drug-likeness (QED) is 0.679. The van der Waals surface area contributed by atoms with Gasteiger partial charge in [0, 0.05) is 50.7 Å². The first-order chi connectivity index (χ1) is 16.0. The van der Waals surface area contributed by atoms with Crippen molar-refractivity contribution in [3.05, 3.63) is 65.7 Å². The number of carbonyl (C=O) groups excluding carboxylic acids is 3. The number of hydrogen-bond donors (Lipinski definition) is 0. The Balaban J connectivity index is 1.31. The summed E-state index contributed by atoms with van der Waals surface area (Å²) in [7, 11) is 0. The van der Waals surface area contributed by atoms with Crippen LogP contribution in [0, 0.1) is 18.8 Å². The third kappa shape index (κ3) is 5.27. The number of amides is 3. The molecule has 2 saturated heterocycles. The summed E-state index contributed by atoms with van der Waals surface area (Å²) in [6, 6.07) is 17.9. The molecule has 2 aliphatic rings. The van der Waals surface area contributed by atoms with Gasteiger partial charge in [-0.3, -0.25) is 14.4 Å². The maximum Gasteiger partial charge on any atom is 0.228 e. The summed E-state index contributed by atoms with van der Waals surface area (Å²) in [5.74, 6) is -0.138. The van der Waals surface area contributed by atoms with E-state index >= 15 is 0 Å². The van der Waals surface area contributed by atoms with Gasteiger partial charge in [-0.15, -0.1) is 0 Å². The van der Waals surface area contributed by atoms with Gasteiger partial charge in [0.1, 0.15) is 0 Å². The van der Waals surface area contributed by atoms with E-state index in [1.54, 1.807) is 4.90 Å². The monoisotopic (exact) mass is 447 g/mol. The van der Waals surface area contributed by atoms with Crippen molar-refractivity contribution >= 4 is 23.4 Å². The lowest BCUT2D eigenvalue weighted by Crippen LogP contribution is -2.46. The largest absolute Gasteiger partial charge is 0.342 e. The molecule has 0 aliphatic carbocycles. The first-order valence-electron chi connectivity index (χ1n) is 11.9. The van der Waals surface area contributed by atoms with E-state index in [1.807, 2.05) is 78.2 Å². The van der Waals surface area contributed by atoms with E-state index in [1.165, 1.54) is 0 Å². The SMILES string of the molecule is CCN(Cc1ccccc1)C(=O)C1CCN(C(=O)C2CC(=O)N(c3ccc(C)cc3)C2)CC1. The Kier molecular flexibility index (Phi) is 7.11. The highest BCUT2D eigenvalue weighted by molar-refractivity contribution is 6.00. The van der Waals surface area contributed by atoms with E-state index in [2.05, 4.69) is 0 Å². The second kappa shape index (κ2) is 10.2. The lowest BCUT2D eigenvalue weighted by Gasteiger charge is -2.35. The number of carbonyl (C=O) groups is 3. The number of hydrogen-bond acceptors (Lipinski definition) is 3. The molecule has 0 aromatic heterocycles. The van der Waals surface area contributed by atoms with Crippen molar-refractivity contribution in [2.75, 3.05) is 31.1 Å². The molecule has 2 heterocycles. The zero-order chi connectivity index (χ0) is 23.4. The van der Waals surface area contributed by atoms with Crippen molar-refractivity contribution in [1.82, 2.24) is 9.80 Å². The molecule has 2 aliphatic heterocycles. The Morgan fingerprint density at radius 3 is 2.27 bits per heavy atom. The summed E-state index contributed by atoms with van der Waals surface area (Å²) in [4.78, 5) is 44.3. The van der Waals surface area contributed by atoms with Gasteiger partial charge in [0.05, 0.1) is 5.92 Å². The highest BCUT2D eigenvalue weighted by Crippen LogP contribution is 2.28. The molecule has 4 rings (SSSR count). The predicted molar refractivity (Wildman–Crippen MR) is 128 cm³/mol. The van der Waals surface area contributed by atoms with E-state index in [4.69, 9.17) is 0 Å². The third-order valence-electron chi connectivity index (χ3n) is 6.89.